The van der Waals surface area contributed by atoms with E-state index in [1.54, 1.807) is 13.1 Å². The number of aromatic nitrogens is 1. The van der Waals surface area contributed by atoms with Crippen LogP contribution in [0.2, 0.25) is 0 Å². The highest BCUT2D eigenvalue weighted by Crippen LogP contribution is 2.29. The molecule has 25 heavy (non-hydrogen) atoms. The summed E-state index contributed by atoms with van der Waals surface area (Å²) in [5.74, 6) is 2.67. The lowest BCUT2D eigenvalue weighted by atomic mass is 10.1. The van der Waals surface area contributed by atoms with E-state index in [1.807, 2.05) is 45.1 Å². The van der Waals surface area contributed by atoms with Crippen molar-refractivity contribution in [2.75, 3.05) is 13.7 Å². The Morgan fingerprint density at radius 2 is 1.96 bits per heavy atom. The van der Waals surface area contributed by atoms with Crippen molar-refractivity contribution in [3.8, 4) is 11.5 Å². The molecule has 0 saturated heterocycles. The molecular weight excluding hydrogens is 320 g/mol. The van der Waals surface area contributed by atoms with Crippen LogP contribution >= 0.6 is 0 Å². The predicted octanol–water partition coefficient (Wildman–Crippen LogP) is 4.20. The monoisotopic (exact) mass is 344 g/mol. The molecule has 0 aliphatic heterocycles. The lowest BCUT2D eigenvalue weighted by molar-refractivity contribution is 0.212. The van der Waals surface area contributed by atoms with E-state index in [-0.39, 0.29) is 6.61 Å². The number of oxazole rings is 1. The van der Waals surface area contributed by atoms with Crippen LogP contribution in [0.1, 0.15) is 36.6 Å². The number of oxime groups is 1. The molecule has 0 aliphatic carbocycles. The molecule has 0 saturated carbocycles. The summed E-state index contributed by atoms with van der Waals surface area (Å²) in [5, 5.41) is 3.82. The molecule has 6 nitrogen and oxygen atoms in total. The summed E-state index contributed by atoms with van der Waals surface area (Å²) in [5.41, 5.74) is 2.62. The van der Waals surface area contributed by atoms with Crippen molar-refractivity contribution >= 4 is 5.71 Å². The zero-order chi connectivity index (χ0) is 18.2. The van der Waals surface area contributed by atoms with Crippen LogP contribution in [0.3, 0.4) is 0 Å². The number of hydrogen-bond acceptors (Lipinski definition) is 6. The lowest BCUT2D eigenvalue weighted by Crippen LogP contribution is -2.01. The van der Waals surface area contributed by atoms with Gasteiger partial charge >= 0.3 is 0 Å². The average Bonchev–Trinajstić information content (AvgIpc) is 3.04. The van der Waals surface area contributed by atoms with Gasteiger partial charge in [0.05, 0.1) is 6.20 Å². The van der Waals surface area contributed by atoms with Gasteiger partial charge in [0.25, 0.3) is 0 Å². The normalized spacial score (nSPS) is 11.8. The Bertz CT molecular complexity index is 740. The van der Waals surface area contributed by atoms with E-state index < -0.39 is 0 Å². The number of ether oxygens (including phenoxy) is 2. The molecule has 0 radical (unpaired) electrons. The molecule has 1 heterocycles. The predicted molar refractivity (Wildman–Crippen MR) is 96.3 cm³/mol. The molecule has 134 valence electrons. The quantitative estimate of drug-likeness (QED) is 0.408. The van der Waals surface area contributed by atoms with E-state index in [1.165, 1.54) is 7.11 Å². The Morgan fingerprint density at radius 1 is 1.24 bits per heavy atom. The second kappa shape index (κ2) is 8.92. The summed E-state index contributed by atoms with van der Waals surface area (Å²) in [7, 11) is 1.49. The first-order chi connectivity index (χ1) is 12.0. The van der Waals surface area contributed by atoms with Crippen LogP contribution in [-0.4, -0.2) is 24.4 Å². The molecule has 0 spiro atoms. The third kappa shape index (κ3) is 5.11. The zero-order valence-corrected chi connectivity index (χ0v) is 15.3. The van der Waals surface area contributed by atoms with Gasteiger partial charge in [-0.15, -0.1) is 0 Å². The van der Waals surface area contributed by atoms with Crippen LogP contribution in [-0.2, 0) is 11.4 Å². The van der Waals surface area contributed by atoms with Crippen molar-refractivity contribution < 1.29 is 18.7 Å². The number of allylic oxidation sites excluding steroid dienone is 1. The molecule has 0 N–H and O–H groups in total. The summed E-state index contributed by atoms with van der Waals surface area (Å²) in [6.07, 6.45) is 5.53. The molecule has 0 amide bonds. The minimum Gasteiger partial charge on any atom is -0.490 e. The van der Waals surface area contributed by atoms with Gasteiger partial charge in [-0.2, -0.15) is 0 Å². The van der Waals surface area contributed by atoms with E-state index in [0.717, 1.165) is 22.6 Å². The first-order valence-electron chi connectivity index (χ1n) is 8.06. The maximum absolute atomic E-state index is 5.89. The number of aryl methyl sites for hydroxylation is 2. The van der Waals surface area contributed by atoms with Crippen molar-refractivity contribution in [1.29, 1.82) is 0 Å². The minimum atomic E-state index is 0.237. The Hall–Kier alpha value is -2.76. The molecule has 2 rings (SSSR count). The summed E-state index contributed by atoms with van der Waals surface area (Å²) in [6.45, 7) is 8.52. The van der Waals surface area contributed by atoms with Crippen LogP contribution < -0.4 is 9.47 Å². The van der Waals surface area contributed by atoms with Crippen LogP contribution in [0, 0.1) is 13.8 Å². The third-order valence-corrected chi connectivity index (χ3v) is 3.49. The second-order valence-corrected chi connectivity index (χ2v) is 5.53. The molecule has 1 aromatic carbocycles. The molecule has 0 unspecified atom stereocenters. The zero-order valence-electron chi connectivity index (χ0n) is 15.3. The highest BCUT2D eigenvalue weighted by Gasteiger charge is 2.11. The van der Waals surface area contributed by atoms with E-state index in [9.17, 15) is 0 Å². The van der Waals surface area contributed by atoms with Gasteiger partial charge in [0.15, 0.2) is 12.4 Å². The lowest BCUT2D eigenvalue weighted by Gasteiger charge is -2.13. The van der Waals surface area contributed by atoms with Crippen LogP contribution in [0.5, 0.6) is 11.5 Å². The largest absolute Gasteiger partial charge is 0.490 e. The van der Waals surface area contributed by atoms with Crippen LogP contribution in [0.4, 0.5) is 0 Å². The van der Waals surface area contributed by atoms with Gasteiger partial charge < -0.3 is 18.7 Å². The molecule has 0 aliphatic rings. The molecular formula is C19H24N2O4. The first kappa shape index (κ1) is 18.6. The van der Waals surface area contributed by atoms with Gasteiger partial charge in [-0.3, -0.25) is 0 Å². The number of nitrogens with zero attached hydrogens (tertiary/aromatic N) is 2. The fourth-order valence-corrected chi connectivity index (χ4v) is 2.32. The molecule has 1 aromatic heterocycles. The van der Waals surface area contributed by atoms with Gasteiger partial charge in [-0.1, -0.05) is 17.3 Å². The van der Waals surface area contributed by atoms with Crippen LogP contribution in [0.25, 0.3) is 0 Å². The highest BCUT2D eigenvalue weighted by molar-refractivity contribution is 5.95. The van der Waals surface area contributed by atoms with E-state index >= 15 is 0 Å². The van der Waals surface area contributed by atoms with Crippen molar-refractivity contribution in [3.63, 3.8) is 0 Å². The van der Waals surface area contributed by atoms with E-state index in [0.29, 0.717) is 24.0 Å². The fourth-order valence-electron chi connectivity index (χ4n) is 2.32. The van der Waals surface area contributed by atoms with E-state index in [2.05, 4.69) is 10.1 Å². The van der Waals surface area contributed by atoms with Crippen LogP contribution in [0.15, 0.2) is 40.1 Å². The van der Waals surface area contributed by atoms with Crippen molar-refractivity contribution in [2.45, 2.75) is 34.3 Å². The summed E-state index contributed by atoms with van der Waals surface area (Å²) in [6, 6.07) is 3.92. The topological polar surface area (TPSA) is 66.1 Å². The summed E-state index contributed by atoms with van der Waals surface area (Å²) < 4.78 is 17.2. The number of hydrogen-bond donors (Lipinski definition) is 0. The maximum atomic E-state index is 5.89. The Balaban J connectivity index is 2.04. The highest BCUT2D eigenvalue weighted by atomic mass is 16.6. The third-order valence-electron chi connectivity index (χ3n) is 3.49. The van der Waals surface area contributed by atoms with Gasteiger partial charge in [-0.25, -0.2) is 4.98 Å². The van der Waals surface area contributed by atoms with Gasteiger partial charge in [0.1, 0.15) is 30.9 Å². The molecule has 0 fully saturated rings. The van der Waals surface area contributed by atoms with E-state index in [4.69, 9.17) is 18.7 Å². The second-order valence-electron chi connectivity index (χ2n) is 5.53. The average molecular weight is 344 g/mol. The number of rotatable bonds is 8. The molecule has 6 heteroatoms. The van der Waals surface area contributed by atoms with Gasteiger partial charge in [-0.05, 0) is 51.0 Å². The maximum Gasteiger partial charge on any atom is 0.233 e. The smallest absolute Gasteiger partial charge is 0.233 e. The van der Waals surface area contributed by atoms with Gasteiger partial charge in [0, 0.05) is 0 Å². The summed E-state index contributed by atoms with van der Waals surface area (Å²) in [4.78, 5) is 8.93. The molecule has 2 aromatic rings. The molecule has 0 bridgehead atoms. The SMILES string of the molecule is C/C=C/COc1cc(C)c(OCc2ncc(C(C)=NOC)o2)c(C)c1. The minimum absolute atomic E-state index is 0.237. The van der Waals surface area contributed by atoms with Crippen molar-refractivity contribution in [3.05, 3.63) is 53.3 Å². The summed E-state index contributed by atoms with van der Waals surface area (Å²) >= 11 is 0. The molecule has 0 atom stereocenters. The standard InChI is InChI=1S/C19H24N2O4/c1-6-7-8-23-16-9-13(2)19(14(3)10-16)24-12-18-20-11-17(25-18)15(4)21-22-5/h6-7,9-11H,8,12H2,1-5H3/b7-6+,21-15?. The van der Waals surface area contributed by atoms with Gasteiger partial charge in [0.2, 0.25) is 5.89 Å². The number of benzene rings is 1. The Labute approximate surface area is 148 Å². The van der Waals surface area contributed by atoms with Crippen molar-refractivity contribution in [1.82, 2.24) is 4.98 Å². The Kier molecular flexibility index (Phi) is 6.62. The Morgan fingerprint density at radius 3 is 2.60 bits per heavy atom. The van der Waals surface area contributed by atoms with Crippen molar-refractivity contribution in [2.24, 2.45) is 5.16 Å². The fraction of sp³-hybridized carbons (Fsp3) is 0.368. The first-order valence-corrected chi connectivity index (χ1v) is 8.06.